The number of fused-ring (bicyclic) bond motifs is 1. The molecule has 0 saturated carbocycles. The van der Waals surface area contributed by atoms with Crippen molar-refractivity contribution in [2.45, 2.75) is 19.8 Å². The summed E-state index contributed by atoms with van der Waals surface area (Å²) in [6.07, 6.45) is 3.33. The molecule has 1 saturated heterocycles. The van der Waals surface area contributed by atoms with E-state index in [1.54, 1.807) is 12.1 Å². The summed E-state index contributed by atoms with van der Waals surface area (Å²) in [4.78, 5) is 26.0. The van der Waals surface area contributed by atoms with Gasteiger partial charge < -0.3 is 5.11 Å². The highest BCUT2D eigenvalue weighted by Crippen LogP contribution is 2.40. The minimum Gasteiger partial charge on any atom is -0.508 e. The van der Waals surface area contributed by atoms with Crippen LogP contribution in [0.25, 0.3) is 0 Å². The van der Waals surface area contributed by atoms with Gasteiger partial charge in [0.1, 0.15) is 5.75 Å². The van der Waals surface area contributed by atoms with Crippen molar-refractivity contribution in [2.75, 3.05) is 4.90 Å². The monoisotopic (exact) mass is 257 g/mol. The van der Waals surface area contributed by atoms with Gasteiger partial charge in [0.05, 0.1) is 17.5 Å². The van der Waals surface area contributed by atoms with Gasteiger partial charge in [0.25, 0.3) is 0 Å². The summed E-state index contributed by atoms with van der Waals surface area (Å²) in [5.74, 6) is -0.710. The van der Waals surface area contributed by atoms with Crippen LogP contribution in [0, 0.1) is 11.8 Å². The Morgan fingerprint density at radius 3 is 2.68 bits per heavy atom. The van der Waals surface area contributed by atoms with Gasteiger partial charge in [0.2, 0.25) is 11.8 Å². The predicted molar refractivity (Wildman–Crippen MR) is 70.6 cm³/mol. The molecule has 0 radical (unpaired) electrons. The van der Waals surface area contributed by atoms with E-state index >= 15 is 0 Å². The highest BCUT2D eigenvalue weighted by Gasteiger charge is 2.48. The average molecular weight is 257 g/mol. The summed E-state index contributed by atoms with van der Waals surface area (Å²) in [7, 11) is 0. The summed E-state index contributed by atoms with van der Waals surface area (Å²) in [5.41, 5.74) is 1.63. The van der Waals surface area contributed by atoms with Gasteiger partial charge in [0, 0.05) is 6.07 Å². The smallest absolute Gasteiger partial charge is 0.238 e. The van der Waals surface area contributed by atoms with Gasteiger partial charge in [-0.3, -0.25) is 9.59 Å². The number of aromatic hydroxyl groups is 1. The van der Waals surface area contributed by atoms with Crippen LogP contribution in [0.2, 0.25) is 0 Å². The van der Waals surface area contributed by atoms with Crippen molar-refractivity contribution in [3.05, 3.63) is 35.9 Å². The molecule has 1 aromatic rings. The van der Waals surface area contributed by atoms with Gasteiger partial charge in [-0.05, 0) is 31.9 Å². The summed E-state index contributed by atoms with van der Waals surface area (Å²) in [6, 6.07) is 6.28. The second-order valence-corrected chi connectivity index (χ2v) is 5.24. The summed E-state index contributed by atoms with van der Waals surface area (Å²) >= 11 is 0. The van der Waals surface area contributed by atoms with E-state index in [1.165, 1.54) is 22.6 Å². The largest absolute Gasteiger partial charge is 0.508 e. The van der Waals surface area contributed by atoms with Crippen LogP contribution in [-0.4, -0.2) is 16.9 Å². The van der Waals surface area contributed by atoms with Crippen LogP contribution in [0.15, 0.2) is 35.9 Å². The normalized spacial score (nSPS) is 26.4. The van der Waals surface area contributed by atoms with Crippen molar-refractivity contribution in [1.29, 1.82) is 0 Å². The zero-order valence-electron chi connectivity index (χ0n) is 10.7. The Morgan fingerprint density at radius 2 is 1.95 bits per heavy atom. The van der Waals surface area contributed by atoms with E-state index in [2.05, 4.69) is 0 Å². The topological polar surface area (TPSA) is 57.6 Å². The fraction of sp³-hybridized carbons (Fsp3) is 0.333. The number of hydrogen-bond acceptors (Lipinski definition) is 3. The Kier molecular flexibility index (Phi) is 2.66. The number of anilines is 1. The van der Waals surface area contributed by atoms with E-state index < -0.39 is 0 Å². The molecule has 0 unspecified atom stereocenters. The molecule has 98 valence electrons. The Bertz CT molecular complexity index is 591. The first-order valence-electron chi connectivity index (χ1n) is 6.40. The van der Waals surface area contributed by atoms with E-state index in [9.17, 15) is 14.7 Å². The molecule has 4 heteroatoms. The number of carbonyl (C=O) groups is 2. The molecule has 1 N–H and O–H groups in total. The number of phenols is 1. The third-order valence-corrected chi connectivity index (χ3v) is 3.91. The van der Waals surface area contributed by atoms with Crippen LogP contribution in [0.5, 0.6) is 5.75 Å². The summed E-state index contributed by atoms with van der Waals surface area (Å²) < 4.78 is 0. The van der Waals surface area contributed by atoms with Gasteiger partial charge in [-0.25, -0.2) is 4.90 Å². The Labute approximate surface area is 111 Å². The molecular formula is C15H15NO3. The number of benzene rings is 1. The van der Waals surface area contributed by atoms with Crippen molar-refractivity contribution >= 4 is 17.5 Å². The number of allylic oxidation sites excluding steroid dienone is 2. The van der Waals surface area contributed by atoms with E-state index in [0.717, 1.165) is 0 Å². The molecule has 4 nitrogen and oxygen atoms in total. The van der Waals surface area contributed by atoms with Crippen LogP contribution in [-0.2, 0) is 9.59 Å². The standard InChI is InChI=1S/C15H15NO3/c1-9-5-6-12-13(7-9)15(19)16(14(12)18)10-3-2-4-11(17)8-10/h2-5,8,12-13,17H,6-7H2,1H3/t12-,13+/m0/s1. The molecular weight excluding hydrogens is 242 g/mol. The zero-order valence-corrected chi connectivity index (χ0v) is 10.7. The van der Waals surface area contributed by atoms with Crippen LogP contribution < -0.4 is 4.90 Å². The molecule has 2 aliphatic rings. The molecule has 0 bridgehead atoms. The number of phenolic OH excluding ortho intramolecular Hbond substituents is 1. The molecule has 1 aromatic carbocycles. The van der Waals surface area contributed by atoms with Gasteiger partial charge in [-0.1, -0.05) is 17.7 Å². The number of rotatable bonds is 1. The van der Waals surface area contributed by atoms with Crippen molar-refractivity contribution in [3.8, 4) is 5.75 Å². The van der Waals surface area contributed by atoms with Crippen LogP contribution >= 0.6 is 0 Å². The second-order valence-electron chi connectivity index (χ2n) is 5.24. The number of imide groups is 1. The highest BCUT2D eigenvalue weighted by atomic mass is 16.3. The molecule has 2 amide bonds. The van der Waals surface area contributed by atoms with Gasteiger partial charge in [0.15, 0.2) is 0 Å². The number of carbonyl (C=O) groups excluding carboxylic acids is 2. The fourth-order valence-corrected chi connectivity index (χ4v) is 2.92. The number of amides is 2. The molecule has 1 aliphatic heterocycles. The van der Waals surface area contributed by atoms with Crippen molar-refractivity contribution in [2.24, 2.45) is 11.8 Å². The summed E-state index contributed by atoms with van der Waals surface area (Å²) in [5, 5.41) is 9.49. The average Bonchev–Trinajstić information content (AvgIpc) is 2.61. The van der Waals surface area contributed by atoms with E-state index in [4.69, 9.17) is 0 Å². The van der Waals surface area contributed by atoms with Crippen LogP contribution in [0.3, 0.4) is 0 Å². The second kappa shape index (κ2) is 4.23. The van der Waals surface area contributed by atoms with Gasteiger partial charge in [-0.15, -0.1) is 0 Å². The number of nitrogens with zero attached hydrogens (tertiary/aromatic N) is 1. The lowest BCUT2D eigenvalue weighted by molar-refractivity contribution is -0.122. The van der Waals surface area contributed by atoms with Gasteiger partial charge >= 0.3 is 0 Å². The van der Waals surface area contributed by atoms with Crippen molar-refractivity contribution in [1.82, 2.24) is 0 Å². The maximum Gasteiger partial charge on any atom is 0.238 e. The van der Waals surface area contributed by atoms with E-state index in [0.29, 0.717) is 18.5 Å². The molecule has 0 aromatic heterocycles. The molecule has 1 fully saturated rings. The minimum atomic E-state index is -0.237. The lowest BCUT2D eigenvalue weighted by Crippen LogP contribution is -2.30. The first-order chi connectivity index (χ1) is 9.08. The minimum absolute atomic E-state index is 0.0577. The molecule has 3 rings (SSSR count). The fourth-order valence-electron chi connectivity index (χ4n) is 2.92. The Morgan fingerprint density at radius 1 is 1.21 bits per heavy atom. The van der Waals surface area contributed by atoms with Crippen molar-refractivity contribution in [3.63, 3.8) is 0 Å². The summed E-state index contributed by atoms with van der Waals surface area (Å²) in [6.45, 7) is 1.99. The van der Waals surface area contributed by atoms with Crippen LogP contribution in [0.4, 0.5) is 5.69 Å². The Balaban J connectivity index is 1.97. The third-order valence-electron chi connectivity index (χ3n) is 3.91. The maximum absolute atomic E-state index is 12.4. The zero-order chi connectivity index (χ0) is 13.6. The highest BCUT2D eigenvalue weighted by molar-refractivity contribution is 6.22. The first kappa shape index (κ1) is 12.0. The Hall–Kier alpha value is -2.10. The molecule has 1 heterocycles. The molecule has 2 atom stereocenters. The molecule has 1 aliphatic carbocycles. The quantitative estimate of drug-likeness (QED) is 0.620. The lowest BCUT2D eigenvalue weighted by Gasteiger charge is -2.18. The third kappa shape index (κ3) is 1.84. The predicted octanol–water partition coefficient (Wildman–Crippen LogP) is 2.24. The molecule has 19 heavy (non-hydrogen) atoms. The molecule has 0 spiro atoms. The van der Waals surface area contributed by atoms with Gasteiger partial charge in [-0.2, -0.15) is 0 Å². The SMILES string of the molecule is CC1=CC[C@@H]2C(=O)N(c3cccc(O)c3)C(=O)[C@@H]2C1. The van der Waals surface area contributed by atoms with E-state index in [1.807, 2.05) is 13.0 Å². The van der Waals surface area contributed by atoms with E-state index in [-0.39, 0.29) is 29.4 Å². The lowest BCUT2D eigenvalue weighted by atomic mass is 9.82. The maximum atomic E-state index is 12.4. The van der Waals surface area contributed by atoms with Crippen LogP contribution in [0.1, 0.15) is 19.8 Å². The number of hydrogen-bond donors (Lipinski definition) is 1. The first-order valence-corrected chi connectivity index (χ1v) is 6.40. The van der Waals surface area contributed by atoms with Crippen molar-refractivity contribution < 1.29 is 14.7 Å².